The van der Waals surface area contributed by atoms with Gasteiger partial charge in [0.2, 0.25) is 0 Å². The Morgan fingerprint density at radius 3 is 2.27 bits per heavy atom. The molecular formula is C21H15F2NO2. The van der Waals surface area contributed by atoms with Crippen LogP contribution in [0.4, 0.5) is 20.2 Å². The minimum absolute atomic E-state index is 0.00177. The van der Waals surface area contributed by atoms with E-state index in [-0.39, 0.29) is 16.9 Å². The number of carboxylic acids is 1. The van der Waals surface area contributed by atoms with Gasteiger partial charge in [0.05, 0.1) is 16.9 Å². The van der Waals surface area contributed by atoms with E-state index in [4.69, 9.17) is 0 Å². The molecule has 2 N–H and O–H groups in total. The fourth-order valence-corrected chi connectivity index (χ4v) is 2.45. The third-order valence-corrected chi connectivity index (χ3v) is 3.74. The van der Waals surface area contributed by atoms with Gasteiger partial charge in [0.1, 0.15) is 11.6 Å². The monoisotopic (exact) mass is 351 g/mol. The van der Waals surface area contributed by atoms with E-state index in [1.54, 1.807) is 12.1 Å². The Morgan fingerprint density at radius 1 is 0.846 bits per heavy atom. The average molecular weight is 351 g/mol. The number of hydrogen-bond acceptors (Lipinski definition) is 2. The first-order valence-corrected chi connectivity index (χ1v) is 7.85. The zero-order valence-electron chi connectivity index (χ0n) is 13.6. The van der Waals surface area contributed by atoms with E-state index in [9.17, 15) is 18.7 Å². The maximum Gasteiger partial charge on any atom is 0.337 e. The number of carboxylic acid groups (broad SMARTS) is 1. The van der Waals surface area contributed by atoms with Crippen LogP contribution in [-0.4, -0.2) is 11.1 Å². The minimum atomic E-state index is -1.14. The van der Waals surface area contributed by atoms with Crippen molar-refractivity contribution in [1.82, 2.24) is 0 Å². The summed E-state index contributed by atoms with van der Waals surface area (Å²) in [6.07, 6.45) is 3.71. The second-order valence-electron chi connectivity index (χ2n) is 5.60. The predicted molar refractivity (Wildman–Crippen MR) is 98.4 cm³/mol. The lowest BCUT2D eigenvalue weighted by molar-refractivity contribution is 0.0698. The Balaban J connectivity index is 1.94. The van der Waals surface area contributed by atoms with Crippen molar-refractivity contribution in [2.45, 2.75) is 0 Å². The number of aromatic carboxylic acids is 1. The van der Waals surface area contributed by atoms with Crippen LogP contribution in [0.1, 0.15) is 21.5 Å². The molecular weight excluding hydrogens is 336 g/mol. The number of nitrogens with one attached hydrogen (secondary N) is 1. The highest BCUT2D eigenvalue weighted by atomic mass is 19.1. The van der Waals surface area contributed by atoms with E-state index in [1.165, 1.54) is 12.1 Å². The molecule has 0 amide bonds. The van der Waals surface area contributed by atoms with Gasteiger partial charge in [0.15, 0.2) is 0 Å². The van der Waals surface area contributed by atoms with Crippen molar-refractivity contribution >= 4 is 29.5 Å². The van der Waals surface area contributed by atoms with Gasteiger partial charge in [-0.3, -0.25) is 0 Å². The summed E-state index contributed by atoms with van der Waals surface area (Å²) in [6, 6.07) is 17.4. The highest BCUT2D eigenvalue weighted by molar-refractivity contribution is 5.96. The van der Waals surface area contributed by atoms with E-state index in [0.717, 1.165) is 23.3 Å². The van der Waals surface area contributed by atoms with Gasteiger partial charge in [-0.1, -0.05) is 48.6 Å². The van der Waals surface area contributed by atoms with Crippen molar-refractivity contribution < 1.29 is 18.7 Å². The number of rotatable bonds is 5. The summed E-state index contributed by atoms with van der Waals surface area (Å²) in [5.74, 6) is -2.65. The summed E-state index contributed by atoms with van der Waals surface area (Å²) >= 11 is 0. The van der Waals surface area contributed by atoms with Crippen LogP contribution in [0.5, 0.6) is 0 Å². The van der Waals surface area contributed by atoms with Crippen LogP contribution in [-0.2, 0) is 0 Å². The molecule has 3 nitrogen and oxygen atoms in total. The van der Waals surface area contributed by atoms with Gasteiger partial charge in [-0.15, -0.1) is 0 Å². The van der Waals surface area contributed by atoms with Crippen molar-refractivity contribution in [3.63, 3.8) is 0 Å². The predicted octanol–water partition coefficient (Wildman–Crippen LogP) is 5.58. The summed E-state index contributed by atoms with van der Waals surface area (Å²) in [6.45, 7) is 0. The molecule has 130 valence electrons. The van der Waals surface area contributed by atoms with Crippen LogP contribution >= 0.6 is 0 Å². The molecule has 0 unspecified atom stereocenters. The molecule has 0 saturated heterocycles. The molecule has 0 aliphatic carbocycles. The maximum atomic E-state index is 13.9. The highest BCUT2D eigenvalue weighted by Crippen LogP contribution is 2.26. The largest absolute Gasteiger partial charge is 0.478 e. The van der Waals surface area contributed by atoms with Gasteiger partial charge in [-0.2, -0.15) is 0 Å². The van der Waals surface area contributed by atoms with Crippen molar-refractivity contribution in [2.75, 3.05) is 5.32 Å². The summed E-state index contributed by atoms with van der Waals surface area (Å²) in [5.41, 5.74) is 1.94. The lowest BCUT2D eigenvalue weighted by Crippen LogP contribution is -2.04. The van der Waals surface area contributed by atoms with Gasteiger partial charge in [-0.25, -0.2) is 13.6 Å². The first-order chi connectivity index (χ1) is 12.5. The Morgan fingerprint density at radius 2 is 1.58 bits per heavy atom. The Hall–Kier alpha value is -3.47. The first-order valence-electron chi connectivity index (χ1n) is 7.85. The van der Waals surface area contributed by atoms with E-state index in [1.807, 2.05) is 42.5 Å². The van der Waals surface area contributed by atoms with Crippen LogP contribution in [0, 0.1) is 11.6 Å². The van der Waals surface area contributed by atoms with Crippen molar-refractivity contribution in [3.8, 4) is 0 Å². The fraction of sp³-hybridized carbons (Fsp3) is 0. The van der Waals surface area contributed by atoms with Crippen LogP contribution in [0.2, 0.25) is 0 Å². The molecule has 26 heavy (non-hydrogen) atoms. The van der Waals surface area contributed by atoms with Gasteiger partial charge in [0.25, 0.3) is 0 Å². The second kappa shape index (κ2) is 7.61. The summed E-state index contributed by atoms with van der Waals surface area (Å²) < 4.78 is 26.9. The van der Waals surface area contributed by atoms with Crippen LogP contribution in [0.15, 0.2) is 66.7 Å². The topological polar surface area (TPSA) is 49.3 Å². The van der Waals surface area contributed by atoms with Gasteiger partial charge >= 0.3 is 5.97 Å². The zero-order chi connectivity index (χ0) is 18.5. The molecule has 3 aromatic carbocycles. The Bertz CT molecular complexity index is 969. The lowest BCUT2D eigenvalue weighted by atomic mass is 10.1. The summed E-state index contributed by atoms with van der Waals surface area (Å²) in [4.78, 5) is 11.4. The molecule has 0 aromatic heterocycles. The smallest absolute Gasteiger partial charge is 0.337 e. The van der Waals surface area contributed by atoms with E-state index < -0.39 is 17.6 Å². The number of carbonyl (C=O) groups is 1. The second-order valence-corrected chi connectivity index (χ2v) is 5.60. The fourth-order valence-electron chi connectivity index (χ4n) is 2.45. The molecule has 0 atom stereocenters. The zero-order valence-corrected chi connectivity index (χ0v) is 13.6. The third-order valence-electron chi connectivity index (χ3n) is 3.74. The van der Waals surface area contributed by atoms with Crippen molar-refractivity contribution in [2.24, 2.45) is 0 Å². The molecule has 0 spiro atoms. The summed E-state index contributed by atoms with van der Waals surface area (Å²) in [7, 11) is 0. The molecule has 0 saturated carbocycles. The standard InChI is InChI=1S/C21H15F2NO2/c22-16-9-11-19(18(23)13-16)24-20-12-15(8-10-17(20)21(25)26)7-6-14-4-2-1-3-5-14/h1-13,24H,(H,25,26). The number of benzene rings is 3. The number of anilines is 2. The van der Waals surface area contributed by atoms with E-state index in [0.29, 0.717) is 0 Å². The van der Waals surface area contributed by atoms with Crippen LogP contribution in [0.3, 0.4) is 0 Å². The lowest BCUT2D eigenvalue weighted by Gasteiger charge is -2.11. The molecule has 5 heteroatoms. The van der Waals surface area contributed by atoms with Crippen molar-refractivity contribution in [3.05, 3.63) is 95.1 Å². The molecule has 0 radical (unpaired) electrons. The molecule has 0 aliphatic heterocycles. The number of halogens is 2. The van der Waals surface area contributed by atoms with Crippen LogP contribution in [0.25, 0.3) is 12.2 Å². The van der Waals surface area contributed by atoms with Gasteiger partial charge in [0, 0.05) is 6.07 Å². The SMILES string of the molecule is O=C(O)c1ccc(C=Cc2ccccc2)cc1Nc1ccc(F)cc1F. The van der Waals surface area contributed by atoms with Crippen LogP contribution < -0.4 is 5.32 Å². The molecule has 0 bridgehead atoms. The van der Waals surface area contributed by atoms with E-state index >= 15 is 0 Å². The average Bonchev–Trinajstić information content (AvgIpc) is 2.63. The highest BCUT2D eigenvalue weighted by Gasteiger charge is 2.12. The molecule has 0 aliphatic rings. The van der Waals surface area contributed by atoms with E-state index in [2.05, 4.69) is 5.32 Å². The Labute approximate surface area is 149 Å². The minimum Gasteiger partial charge on any atom is -0.478 e. The summed E-state index contributed by atoms with van der Waals surface area (Å²) in [5, 5.41) is 12.1. The normalized spacial score (nSPS) is 10.8. The maximum absolute atomic E-state index is 13.9. The van der Waals surface area contributed by atoms with Crippen molar-refractivity contribution in [1.29, 1.82) is 0 Å². The third kappa shape index (κ3) is 4.13. The Kier molecular flexibility index (Phi) is 5.08. The van der Waals surface area contributed by atoms with Gasteiger partial charge < -0.3 is 10.4 Å². The van der Waals surface area contributed by atoms with Gasteiger partial charge in [-0.05, 0) is 35.4 Å². The quantitative estimate of drug-likeness (QED) is 0.590. The molecule has 0 heterocycles. The molecule has 3 rings (SSSR count). The molecule has 3 aromatic rings. The molecule has 0 fully saturated rings. The first kappa shape index (κ1) is 17.4. The number of hydrogen-bond donors (Lipinski definition) is 2.